The number of unbranched alkanes of at least 4 members (excludes halogenated alkanes) is 4. The summed E-state index contributed by atoms with van der Waals surface area (Å²) in [5, 5.41) is 38.5. The first-order valence-electron chi connectivity index (χ1n) is 11.8. The molecule has 1 heterocycles. The lowest BCUT2D eigenvalue weighted by molar-refractivity contribution is -0.259. The Morgan fingerprint density at radius 2 is 1.47 bits per heavy atom. The van der Waals surface area contributed by atoms with Crippen LogP contribution in [0.2, 0.25) is 0 Å². The number of rotatable bonds is 17. The van der Waals surface area contributed by atoms with Crippen LogP contribution in [0, 0.1) is 0 Å². The number of hydrogen-bond acceptors (Lipinski definition) is 8. The summed E-state index contributed by atoms with van der Waals surface area (Å²) >= 11 is 0. The summed E-state index contributed by atoms with van der Waals surface area (Å²) in [6, 6.07) is 0. The molecule has 0 radical (unpaired) electrons. The normalized spacial score (nSPS) is 18.6. The molecular weight excluding hydrogens is 440 g/mol. The van der Waals surface area contributed by atoms with Gasteiger partial charge in [0, 0.05) is 6.42 Å². The predicted octanol–water partition coefficient (Wildman–Crippen LogP) is 4.61. The third-order valence-electron chi connectivity index (χ3n) is 5.05. The summed E-state index contributed by atoms with van der Waals surface area (Å²) in [6.07, 6.45) is 23.5. The minimum atomic E-state index is -2.68. The number of aliphatic hydroxyl groups excluding tert-OH is 3. The van der Waals surface area contributed by atoms with E-state index in [4.69, 9.17) is 4.74 Å². The van der Waals surface area contributed by atoms with E-state index >= 15 is 0 Å². The lowest BCUT2D eigenvalue weighted by atomic mass is 10.1. The fourth-order valence-electron chi connectivity index (χ4n) is 3.10. The standard InChI is InChI=1S/C26H38O8/c1-2-3-4-5-6-7-8-9-10-11-12-13-14-15-16-17-18-19-21(28)34-26(32,20-27)24-22(29)23(30)25(31)33-24/h6-7,9-10,12-13,15-16,24,27,29-30,32H,2-5,8,11,14,17-20H2,1H3/b7-6+,10-9+,13-12+,16-15+/t24-,26+/m0/s1. The van der Waals surface area contributed by atoms with E-state index in [1.54, 1.807) is 0 Å². The Bertz CT molecular complexity index is 778. The number of allylic oxidation sites excluding steroid dienone is 8. The van der Waals surface area contributed by atoms with Crippen molar-refractivity contribution in [1.82, 2.24) is 0 Å². The Morgan fingerprint density at radius 1 is 0.941 bits per heavy atom. The SMILES string of the molecule is CCCCC/C=C/C/C=C/C/C=C/C/C=C/CCCC(=O)O[C@](O)(CO)[C@H]1OC(=O)C(O)=C1O. The number of esters is 2. The van der Waals surface area contributed by atoms with Crippen molar-refractivity contribution in [3.8, 4) is 0 Å². The highest BCUT2D eigenvalue weighted by molar-refractivity contribution is 5.89. The molecule has 0 spiro atoms. The second kappa shape index (κ2) is 16.7. The van der Waals surface area contributed by atoms with Crippen molar-refractivity contribution in [1.29, 1.82) is 0 Å². The molecule has 0 aromatic rings. The second-order valence-electron chi connectivity index (χ2n) is 7.98. The van der Waals surface area contributed by atoms with Crippen molar-refractivity contribution in [2.75, 3.05) is 6.61 Å². The third kappa shape index (κ3) is 10.9. The van der Waals surface area contributed by atoms with Crippen molar-refractivity contribution in [2.45, 2.75) is 83.0 Å². The van der Waals surface area contributed by atoms with Crippen LogP contribution >= 0.6 is 0 Å². The highest BCUT2D eigenvalue weighted by Gasteiger charge is 2.51. The van der Waals surface area contributed by atoms with E-state index in [0.717, 1.165) is 25.7 Å². The van der Waals surface area contributed by atoms with Gasteiger partial charge in [0.05, 0.1) is 0 Å². The van der Waals surface area contributed by atoms with Crippen molar-refractivity contribution in [3.63, 3.8) is 0 Å². The van der Waals surface area contributed by atoms with Crippen LogP contribution in [0.5, 0.6) is 0 Å². The number of aliphatic hydroxyl groups is 4. The van der Waals surface area contributed by atoms with Crippen LogP contribution in [0.4, 0.5) is 0 Å². The monoisotopic (exact) mass is 478 g/mol. The summed E-state index contributed by atoms with van der Waals surface area (Å²) in [5.74, 6) is -6.92. The molecule has 0 bridgehead atoms. The van der Waals surface area contributed by atoms with E-state index in [1.807, 2.05) is 12.2 Å². The maximum Gasteiger partial charge on any atom is 0.378 e. The van der Waals surface area contributed by atoms with E-state index in [2.05, 4.69) is 48.1 Å². The fourth-order valence-corrected chi connectivity index (χ4v) is 3.10. The van der Waals surface area contributed by atoms with E-state index in [-0.39, 0.29) is 6.42 Å². The van der Waals surface area contributed by atoms with Gasteiger partial charge in [0.2, 0.25) is 11.9 Å². The molecule has 2 atom stereocenters. The lowest BCUT2D eigenvalue weighted by Gasteiger charge is -2.29. The van der Waals surface area contributed by atoms with Crippen molar-refractivity contribution >= 4 is 11.9 Å². The van der Waals surface area contributed by atoms with Crippen LogP contribution in [0.15, 0.2) is 60.1 Å². The maximum absolute atomic E-state index is 12.0. The smallest absolute Gasteiger partial charge is 0.378 e. The van der Waals surface area contributed by atoms with E-state index < -0.39 is 42.0 Å². The van der Waals surface area contributed by atoms with Crippen molar-refractivity contribution in [2.24, 2.45) is 0 Å². The number of carbonyl (C=O) groups excluding carboxylic acids is 2. The molecule has 0 aromatic carbocycles. The van der Waals surface area contributed by atoms with Gasteiger partial charge in [-0.05, 0) is 44.9 Å². The molecule has 190 valence electrons. The zero-order valence-corrected chi connectivity index (χ0v) is 19.9. The van der Waals surface area contributed by atoms with Gasteiger partial charge in [0.1, 0.15) is 6.61 Å². The Morgan fingerprint density at radius 3 is 1.94 bits per heavy atom. The molecule has 0 saturated carbocycles. The van der Waals surface area contributed by atoms with Crippen molar-refractivity contribution < 1.29 is 39.5 Å². The van der Waals surface area contributed by atoms with Crippen LogP contribution in [0.25, 0.3) is 0 Å². The number of cyclic esters (lactones) is 1. The van der Waals surface area contributed by atoms with Crippen LogP contribution < -0.4 is 0 Å². The molecule has 34 heavy (non-hydrogen) atoms. The van der Waals surface area contributed by atoms with Crippen LogP contribution in [0.1, 0.15) is 71.1 Å². The third-order valence-corrected chi connectivity index (χ3v) is 5.05. The van der Waals surface area contributed by atoms with Gasteiger partial charge in [-0.25, -0.2) is 4.79 Å². The molecule has 8 nitrogen and oxygen atoms in total. The lowest BCUT2D eigenvalue weighted by Crippen LogP contribution is -2.50. The van der Waals surface area contributed by atoms with Crippen LogP contribution in [0.3, 0.4) is 0 Å². The van der Waals surface area contributed by atoms with Gasteiger partial charge in [0.25, 0.3) is 5.79 Å². The fraction of sp³-hybridized carbons (Fsp3) is 0.538. The Balaban J connectivity index is 2.18. The van der Waals surface area contributed by atoms with Crippen molar-refractivity contribution in [3.05, 3.63) is 60.1 Å². The maximum atomic E-state index is 12.0. The second-order valence-corrected chi connectivity index (χ2v) is 7.98. The van der Waals surface area contributed by atoms with Gasteiger partial charge in [-0.3, -0.25) is 4.79 Å². The van der Waals surface area contributed by atoms with Gasteiger partial charge in [0.15, 0.2) is 5.76 Å². The Kier molecular flexibility index (Phi) is 14.4. The first-order chi connectivity index (χ1) is 16.4. The first kappa shape index (κ1) is 29.2. The number of carbonyl (C=O) groups is 2. The zero-order valence-electron chi connectivity index (χ0n) is 19.9. The highest BCUT2D eigenvalue weighted by Crippen LogP contribution is 2.29. The largest absolute Gasteiger partial charge is 0.505 e. The molecular formula is C26H38O8. The molecule has 1 rings (SSSR count). The van der Waals surface area contributed by atoms with Gasteiger partial charge < -0.3 is 29.9 Å². The summed E-state index contributed by atoms with van der Waals surface area (Å²) in [7, 11) is 0. The molecule has 1 aliphatic heterocycles. The summed E-state index contributed by atoms with van der Waals surface area (Å²) in [5.41, 5.74) is 0. The Hall–Kier alpha value is -2.84. The minimum absolute atomic E-state index is 0.0581. The summed E-state index contributed by atoms with van der Waals surface area (Å²) in [4.78, 5) is 23.2. The van der Waals surface area contributed by atoms with Gasteiger partial charge >= 0.3 is 11.9 Å². The number of hydrogen-bond donors (Lipinski definition) is 4. The van der Waals surface area contributed by atoms with Gasteiger partial charge in [-0.1, -0.05) is 68.4 Å². The van der Waals surface area contributed by atoms with Crippen LogP contribution in [-0.4, -0.2) is 50.9 Å². The van der Waals surface area contributed by atoms with Gasteiger partial charge in [-0.15, -0.1) is 0 Å². The molecule has 0 aliphatic carbocycles. The quantitative estimate of drug-likeness (QED) is 0.103. The highest BCUT2D eigenvalue weighted by atomic mass is 16.7. The molecule has 0 fully saturated rings. The van der Waals surface area contributed by atoms with E-state index in [0.29, 0.717) is 12.8 Å². The Labute approximate surface area is 201 Å². The molecule has 0 saturated heterocycles. The van der Waals surface area contributed by atoms with E-state index in [9.17, 15) is 30.0 Å². The molecule has 0 amide bonds. The molecule has 0 unspecified atom stereocenters. The predicted molar refractivity (Wildman–Crippen MR) is 129 cm³/mol. The summed E-state index contributed by atoms with van der Waals surface area (Å²) in [6.45, 7) is 1.07. The van der Waals surface area contributed by atoms with Crippen LogP contribution in [-0.2, 0) is 19.1 Å². The molecule has 1 aliphatic rings. The topological polar surface area (TPSA) is 134 Å². The molecule has 4 N–H and O–H groups in total. The average Bonchev–Trinajstić information content (AvgIpc) is 3.08. The van der Waals surface area contributed by atoms with Gasteiger partial charge in [-0.2, -0.15) is 0 Å². The van der Waals surface area contributed by atoms with E-state index in [1.165, 1.54) is 19.3 Å². The average molecular weight is 479 g/mol. The number of ether oxygens (including phenoxy) is 2. The summed E-state index contributed by atoms with van der Waals surface area (Å²) < 4.78 is 9.36. The molecule has 8 heteroatoms. The minimum Gasteiger partial charge on any atom is -0.505 e. The zero-order chi connectivity index (χ0) is 25.2. The molecule has 0 aromatic heterocycles. The first-order valence-corrected chi connectivity index (χ1v) is 11.8.